The van der Waals surface area contributed by atoms with Gasteiger partial charge in [-0.2, -0.15) is 4.31 Å². The summed E-state index contributed by atoms with van der Waals surface area (Å²) in [7, 11) is -3.47. The van der Waals surface area contributed by atoms with Gasteiger partial charge in [-0.05, 0) is 54.6 Å². The van der Waals surface area contributed by atoms with Crippen LogP contribution in [0, 0.1) is 5.92 Å². The van der Waals surface area contributed by atoms with Crippen molar-refractivity contribution in [3.05, 3.63) is 65.1 Å². The van der Waals surface area contributed by atoms with Crippen LogP contribution in [0.1, 0.15) is 12.8 Å². The molecule has 0 unspecified atom stereocenters. The van der Waals surface area contributed by atoms with Gasteiger partial charge in [0, 0.05) is 30.1 Å². The number of piperidine rings is 1. The number of ether oxygens (including phenoxy) is 1. The van der Waals surface area contributed by atoms with Gasteiger partial charge < -0.3 is 10.1 Å². The van der Waals surface area contributed by atoms with Crippen LogP contribution in [0.5, 0.6) is 11.6 Å². The van der Waals surface area contributed by atoms with Gasteiger partial charge in [-0.15, -0.1) is 11.3 Å². The van der Waals surface area contributed by atoms with Gasteiger partial charge in [-0.25, -0.2) is 13.4 Å². The van der Waals surface area contributed by atoms with E-state index in [0.29, 0.717) is 52.5 Å². The Balaban J connectivity index is 1.30. The minimum atomic E-state index is -3.47. The molecule has 0 radical (unpaired) electrons. The number of nitrogens with one attached hydrogen (secondary N) is 1. The first-order chi connectivity index (χ1) is 14.9. The van der Waals surface area contributed by atoms with Gasteiger partial charge in [-0.1, -0.05) is 17.7 Å². The average molecular weight is 478 g/mol. The number of nitrogens with zero attached hydrogens (tertiary/aromatic N) is 2. The van der Waals surface area contributed by atoms with E-state index in [4.69, 9.17) is 16.3 Å². The average Bonchev–Trinajstić information content (AvgIpc) is 3.33. The molecular formula is C21H20ClN3O4S2. The molecule has 0 atom stereocenters. The quantitative estimate of drug-likeness (QED) is 0.559. The van der Waals surface area contributed by atoms with E-state index < -0.39 is 10.0 Å². The van der Waals surface area contributed by atoms with Crippen molar-refractivity contribution in [1.82, 2.24) is 9.29 Å². The van der Waals surface area contributed by atoms with Crippen molar-refractivity contribution in [2.24, 2.45) is 5.92 Å². The van der Waals surface area contributed by atoms with Crippen molar-refractivity contribution >= 4 is 44.6 Å². The third-order valence-electron chi connectivity index (χ3n) is 4.95. The van der Waals surface area contributed by atoms with Crippen LogP contribution in [-0.2, 0) is 14.8 Å². The number of hydrogen-bond acceptors (Lipinski definition) is 6. The molecule has 2 aromatic heterocycles. The lowest BCUT2D eigenvalue weighted by atomic mass is 9.97. The Kier molecular flexibility index (Phi) is 6.57. The smallest absolute Gasteiger partial charge is 0.252 e. The Morgan fingerprint density at radius 1 is 1.13 bits per heavy atom. The van der Waals surface area contributed by atoms with E-state index >= 15 is 0 Å². The number of benzene rings is 1. The first-order valence-electron chi connectivity index (χ1n) is 9.66. The van der Waals surface area contributed by atoms with Crippen LogP contribution in [-0.4, -0.2) is 36.7 Å². The molecule has 4 rings (SSSR count). The number of pyridine rings is 1. The Bertz CT molecular complexity index is 1130. The lowest BCUT2D eigenvalue weighted by Gasteiger charge is -2.30. The first-order valence-corrected chi connectivity index (χ1v) is 12.4. The van der Waals surface area contributed by atoms with Crippen molar-refractivity contribution in [1.29, 1.82) is 0 Å². The highest BCUT2D eigenvalue weighted by atomic mass is 35.5. The number of halogens is 1. The molecular weight excluding hydrogens is 458 g/mol. The molecule has 3 aromatic rings. The molecule has 1 saturated heterocycles. The van der Waals surface area contributed by atoms with E-state index in [2.05, 4.69) is 10.3 Å². The first kappa shape index (κ1) is 21.8. The summed E-state index contributed by atoms with van der Waals surface area (Å²) in [5.74, 6) is 0.617. The highest BCUT2D eigenvalue weighted by molar-refractivity contribution is 7.91. The molecule has 1 aromatic carbocycles. The number of anilines is 1. The minimum absolute atomic E-state index is 0.138. The number of carbonyl (C=O) groups excluding carboxylic acids is 1. The molecule has 1 aliphatic heterocycles. The van der Waals surface area contributed by atoms with Gasteiger partial charge in [0.2, 0.25) is 11.8 Å². The zero-order valence-electron chi connectivity index (χ0n) is 16.4. The summed E-state index contributed by atoms with van der Waals surface area (Å²) in [5, 5.41) is 5.21. The topological polar surface area (TPSA) is 88.6 Å². The number of hydrogen-bond donors (Lipinski definition) is 1. The van der Waals surface area contributed by atoms with Crippen molar-refractivity contribution in [3.8, 4) is 11.6 Å². The van der Waals surface area contributed by atoms with E-state index in [1.807, 2.05) is 0 Å². The molecule has 1 aliphatic rings. The van der Waals surface area contributed by atoms with E-state index in [1.54, 1.807) is 53.9 Å². The fourth-order valence-corrected chi connectivity index (χ4v) is 6.02. The lowest BCUT2D eigenvalue weighted by Crippen LogP contribution is -2.41. The Labute approximate surface area is 189 Å². The van der Waals surface area contributed by atoms with E-state index in [1.165, 1.54) is 21.8 Å². The molecule has 0 bridgehead atoms. The van der Waals surface area contributed by atoms with Crippen LogP contribution in [0.15, 0.2) is 64.3 Å². The number of sulfonamides is 1. The minimum Gasteiger partial charge on any atom is -0.439 e. The molecule has 1 N–H and O–H groups in total. The van der Waals surface area contributed by atoms with Crippen LogP contribution in [0.25, 0.3) is 0 Å². The summed E-state index contributed by atoms with van der Waals surface area (Å²) in [5.41, 5.74) is 0.557. The van der Waals surface area contributed by atoms with Gasteiger partial charge >= 0.3 is 0 Å². The molecule has 1 fully saturated rings. The number of carbonyl (C=O) groups is 1. The van der Waals surface area contributed by atoms with Crippen molar-refractivity contribution in [3.63, 3.8) is 0 Å². The zero-order valence-corrected chi connectivity index (χ0v) is 18.8. The number of aromatic nitrogens is 1. The van der Waals surface area contributed by atoms with Gasteiger partial charge in [0.05, 0.1) is 11.9 Å². The second-order valence-corrected chi connectivity index (χ2v) is 10.6. The van der Waals surface area contributed by atoms with Crippen LogP contribution in [0.3, 0.4) is 0 Å². The maximum atomic E-state index is 12.6. The second-order valence-electron chi connectivity index (χ2n) is 7.04. The Morgan fingerprint density at radius 3 is 2.48 bits per heavy atom. The standard InChI is InChI=1S/C21H20ClN3O4S2/c22-16-3-6-18(7-4-16)29-19-8-5-17(14-23-19)24-21(26)15-9-11-25(12-10-15)31(27,28)20-2-1-13-30-20/h1-8,13-15H,9-12H2,(H,24,26). The maximum Gasteiger partial charge on any atom is 0.252 e. The van der Waals surface area contributed by atoms with Crippen molar-refractivity contribution in [2.45, 2.75) is 17.1 Å². The van der Waals surface area contributed by atoms with Crippen molar-refractivity contribution < 1.29 is 17.9 Å². The van der Waals surface area contributed by atoms with Gasteiger partial charge in [0.15, 0.2) is 0 Å². The summed E-state index contributed by atoms with van der Waals surface area (Å²) < 4.78 is 32.6. The second kappa shape index (κ2) is 9.35. The van der Waals surface area contributed by atoms with E-state index in [9.17, 15) is 13.2 Å². The molecule has 10 heteroatoms. The summed E-state index contributed by atoms with van der Waals surface area (Å²) in [4.78, 5) is 16.8. The summed E-state index contributed by atoms with van der Waals surface area (Å²) in [6.45, 7) is 0.648. The molecule has 0 aliphatic carbocycles. The van der Waals surface area contributed by atoms with Crippen molar-refractivity contribution in [2.75, 3.05) is 18.4 Å². The highest BCUT2D eigenvalue weighted by Gasteiger charge is 2.32. The van der Waals surface area contributed by atoms with Gasteiger partial charge in [0.25, 0.3) is 10.0 Å². The fraction of sp³-hybridized carbons (Fsp3) is 0.238. The van der Waals surface area contributed by atoms with Gasteiger partial charge in [-0.3, -0.25) is 4.79 Å². The third-order valence-corrected chi connectivity index (χ3v) is 8.48. The summed E-state index contributed by atoms with van der Waals surface area (Å²) >= 11 is 7.06. The molecule has 7 nitrogen and oxygen atoms in total. The number of rotatable bonds is 6. The predicted molar refractivity (Wildman–Crippen MR) is 120 cm³/mol. The molecule has 3 heterocycles. The molecule has 0 spiro atoms. The highest BCUT2D eigenvalue weighted by Crippen LogP contribution is 2.27. The van der Waals surface area contributed by atoms with Crippen LogP contribution in [0.4, 0.5) is 5.69 Å². The molecule has 0 saturated carbocycles. The predicted octanol–water partition coefficient (Wildman–Crippen LogP) is 4.63. The Hall–Kier alpha value is -2.46. The number of amides is 1. The van der Waals surface area contributed by atoms with Crippen LogP contribution >= 0.6 is 22.9 Å². The SMILES string of the molecule is O=C(Nc1ccc(Oc2ccc(Cl)cc2)nc1)C1CCN(S(=O)(=O)c2cccs2)CC1. The largest absolute Gasteiger partial charge is 0.439 e. The Morgan fingerprint density at radius 2 is 1.87 bits per heavy atom. The lowest BCUT2D eigenvalue weighted by molar-refractivity contribution is -0.120. The third kappa shape index (κ3) is 5.24. The molecule has 1 amide bonds. The van der Waals surface area contributed by atoms with Crippen LogP contribution in [0.2, 0.25) is 5.02 Å². The summed E-state index contributed by atoms with van der Waals surface area (Å²) in [6.07, 6.45) is 2.47. The number of thiophene rings is 1. The monoisotopic (exact) mass is 477 g/mol. The van der Waals surface area contributed by atoms with Crippen LogP contribution < -0.4 is 10.1 Å². The van der Waals surface area contributed by atoms with E-state index in [0.717, 1.165) is 0 Å². The maximum absolute atomic E-state index is 12.6. The fourth-order valence-electron chi connectivity index (χ4n) is 3.28. The zero-order chi connectivity index (χ0) is 21.8. The normalized spacial score (nSPS) is 15.5. The molecule has 31 heavy (non-hydrogen) atoms. The summed E-state index contributed by atoms with van der Waals surface area (Å²) in [6, 6.07) is 13.6. The molecule has 162 valence electrons. The van der Waals surface area contributed by atoms with E-state index in [-0.39, 0.29) is 11.8 Å². The van der Waals surface area contributed by atoms with Gasteiger partial charge in [0.1, 0.15) is 9.96 Å².